The van der Waals surface area contributed by atoms with E-state index < -0.39 is 4.92 Å². The highest BCUT2D eigenvalue weighted by atomic mass is 35.5. The maximum Gasteiger partial charge on any atom is 0.288 e. The fourth-order valence-electron chi connectivity index (χ4n) is 2.36. The number of rotatable bonds is 6. The highest BCUT2D eigenvalue weighted by molar-refractivity contribution is 6.32. The second kappa shape index (κ2) is 7.38. The van der Waals surface area contributed by atoms with E-state index in [4.69, 9.17) is 11.6 Å². The summed E-state index contributed by atoms with van der Waals surface area (Å²) in [7, 11) is 0. The van der Waals surface area contributed by atoms with Crippen molar-refractivity contribution in [2.45, 2.75) is 25.8 Å². The summed E-state index contributed by atoms with van der Waals surface area (Å²) in [5, 5.41) is 14.1. The van der Waals surface area contributed by atoms with Crippen LogP contribution in [-0.2, 0) is 11.3 Å². The second-order valence-corrected chi connectivity index (χ2v) is 5.46. The molecule has 0 bridgehead atoms. The van der Waals surface area contributed by atoms with Crippen LogP contribution in [0, 0.1) is 10.1 Å². The average Bonchev–Trinajstić information content (AvgIpc) is 2.99. The summed E-state index contributed by atoms with van der Waals surface area (Å²) in [5.41, 5.74) is 0.684. The lowest BCUT2D eigenvalue weighted by molar-refractivity contribution is -0.384. The van der Waals surface area contributed by atoms with Crippen LogP contribution < -0.4 is 5.32 Å². The Morgan fingerprint density at radius 1 is 1.38 bits per heavy atom. The first-order valence-corrected chi connectivity index (χ1v) is 7.37. The maximum absolute atomic E-state index is 11.8. The number of likely N-dealkylation sites (tertiary alicyclic amines) is 1. The van der Waals surface area contributed by atoms with Crippen molar-refractivity contribution >= 4 is 23.2 Å². The molecular formula is C14H18ClN3O3. The predicted octanol–water partition coefficient (Wildman–Crippen LogP) is 2.35. The Bertz CT molecular complexity index is 530. The topological polar surface area (TPSA) is 75.5 Å². The third kappa shape index (κ3) is 4.41. The second-order valence-electron chi connectivity index (χ2n) is 5.06. The molecule has 1 aromatic carbocycles. The lowest BCUT2D eigenvalue weighted by Crippen LogP contribution is -2.30. The molecule has 0 radical (unpaired) electrons. The minimum Gasteiger partial charge on any atom is -0.343 e. The van der Waals surface area contributed by atoms with Gasteiger partial charge in [0.2, 0.25) is 5.91 Å². The number of halogens is 1. The van der Waals surface area contributed by atoms with Crippen LogP contribution >= 0.6 is 11.6 Å². The molecule has 1 aliphatic heterocycles. The monoisotopic (exact) mass is 311 g/mol. The van der Waals surface area contributed by atoms with Crippen LogP contribution in [0.3, 0.4) is 0 Å². The molecule has 1 amide bonds. The van der Waals surface area contributed by atoms with Gasteiger partial charge in [-0.3, -0.25) is 14.9 Å². The molecule has 1 aromatic rings. The molecule has 0 atom stereocenters. The van der Waals surface area contributed by atoms with Crippen LogP contribution in [0.15, 0.2) is 18.2 Å². The van der Waals surface area contributed by atoms with Gasteiger partial charge in [0, 0.05) is 38.7 Å². The number of benzene rings is 1. The largest absolute Gasteiger partial charge is 0.343 e. The molecule has 0 aromatic heterocycles. The number of nitro benzene ring substituents is 1. The number of hydrogen-bond acceptors (Lipinski definition) is 4. The minimum absolute atomic E-state index is 0.0934. The Labute approximate surface area is 128 Å². The summed E-state index contributed by atoms with van der Waals surface area (Å²) in [5.74, 6) is 0.169. The third-order valence-corrected chi connectivity index (χ3v) is 3.83. The maximum atomic E-state index is 11.8. The van der Waals surface area contributed by atoms with Crippen LogP contribution in [0.4, 0.5) is 5.69 Å². The number of amides is 1. The van der Waals surface area contributed by atoms with Crippen molar-refractivity contribution in [3.05, 3.63) is 38.9 Å². The Balaban J connectivity index is 1.77. The molecule has 0 aliphatic carbocycles. The Kier molecular flexibility index (Phi) is 5.52. The highest BCUT2D eigenvalue weighted by Crippen LogP contribution is 2.24. The van der Waals surface area contributed by atoms with Gasteiger partial charge in [0.05, 0.1) is 4.92 Å². The van der Waals surface area contributed by atoms with Crippen molar-refractivity contribution in [2.24, 2.45) is 0 Å². The molecule has 1 aliphatic rings. The Hall–Kier alpha value is -1.66. The normalized spacial score (nSPS) is 14.4. The van der Waals surface area contributed by atoms with Gasteiger partial charge in [-0.15, -0.1) is 0 Å². The third-order valence-electron chi connectivity index (χ3n) is 3.51. The molecule has 2 rings (SSSR count). The summed E-state index contributed by atoms with van der Waals surface area (Å²) < 4.78 is 0. The number of nitrogens with zero attached hydrogens (tertiary/aromatic N) is 2. The first-order chi connectivity index (χ1) is 10.1. The van der Waals surface area contributed by atoms with Crippen molar-refractivity contribution in [1.82, 2.24) is 10.2 Å². The van der Waals surface area contributed by atoms with E-state index in [9.17, 15) is 14.9 Å². The summed E-state index contributed by atoms with van der Waals surface area (Å²) >= 11 is 5.75. The summed E-state index contributed by atoms with van der Waals surface area (Å²) in [6.07, 6.45) is 2.64. The van der Waals surface area contributed by atoms with Gasteiger partial charge in [0.15, 0.2) is 0 Å². The number of carbonyl (C=O) groups excluding carboxylic acids is 1. The summed E-state index contributed by atoms with van der Waals surface area (Å²) in [4.78, 5) is 24.0. The average molecular weight is 312 g/mol. The Morgan fingerprint density at radius 2 is 2.10 bits per heavy atom. The van der Waals surface area contributed by atoms with Gasteiger partial charge in [-0.1, -0.05) is 17.7 Å². The van der Waals surface area contributed by atoms with Crippen molar-refractivity contribution in [3.63, 3.8) is 0 Å². The number of nitrogens with one attached hydrogen (secondary N) is 1. The van der Waals surface area contributed by atoms with Crippen molar-refractivity contribution in [1.29, 1.82) is 0 Å². The molecule has 1 heterocycles. The van der Waals surface area contributed by atoms with Crippen LogP contribution in [0.5, 0.6) is 0 Å². The summed E-state index contributed by atoms with van der Waals surface area (Å²) in [6, 6.07) is 4.72. The van der Waals surface area contributed by atoms with Gasteiger partial charge in [-0.05, 0) is 24.5 Å². The van der Waals surface area contributed by atoms with Crippen LogP contribution in [0.1, 0.15) is 24.8 Å². The standard InChI is InChI=1S/C14H18ClN3O3/c15-12-4-3-11(9-13(12)18(20)21)10-16-6-5-14(19)17-7-1-2-8-17/h3-4,9,16H,1-2,5-8,10H2. The minimum atomic E-state index is -0.497. The highest BCUT2D eigenvalue weighted by Gasteiger charge is 2.17. The number of hydrogen-bond donors (Lipinski definition) is 1. The first-order valence-electron chi connectivity index (χ1n) is 6.99. The van der Waals surface area contributed by atoms with Crippen molar-refractivity contribution in [2.75, 3.05) is 19.6 Å². The first kappa shape index (κ1) is 15.7. The lowest BCUT2D eigenvalue weighted by Gasteiger charge is -2.15. The fourth-order valence-corrected chi connectivity index (χ4v) is 2.55. The summed E-state index contributed by atoms with van der Waals surface area (Å²) in [6.45, 7) is 2.77. The van der Waals surface area contributed by atoms with E-state index in [1.165, 1.54) is 12.1 Å². The zero-order chi connectivity index (χ0) is 15.2. The number of carbonyl (C=O) groups is 1. The van der Waals surface area contributed by atoms with Gasteiger partial charge in [-0.25, -0.2) is 0 Å². The molecule has 21 heavy (non-hydrogen) atoms. The van der Waals surface area contributed by atoms with E-state index in [-0.39, 0.29) is 16.6 Å². The van der Waals surface area contributed by atoms with E-state index in [1.54, 1.807) is 6.07 Å². The smallest absolute Gasteiger partial charge is 0.288 e. The number of nitro groups is 1. The molecule has 114 valence electrons. The van der Waals surface area contributed by atoms with E-state index in [2.05, 4.69) is 5.32 Å². The quantitative estimate of drug-likeness (QED) is 0.497. The van der Waals surface area contributed by atoms with E-state index in [1.807, 2.05) is 4.90 Å². The van der Waals surface area contributed by atoms with Crippen molar-refractivity contribution < 1.29 is 9.72 Å². The molecule has 1 N–H and O–H groups in total. The van der Waals surface area contributed by atoms with Gasteiger partial charge >= 0.3 is 0 Å². The molecule has 7 heteroatoms. The molecule has 1 saturated heterocycles. The predicted molar refractivity (Wildman–Crippen MR) is 80.2 cm³/mol. The lowest BCUT2D eigenvalue weighted by atomic mass is 10.2. The van der Waals surface area contributed by atoms with Gasteiger partial charge in [-0.2, -0.15) is 0 Å². The molecule has 0 spiro atoms. The van der Waals surface area contributed by atoms with Gasteiger partial charge in [0.25, 0.3) is 5.69 Å². The molecular weight excluding hydrogens is 294 g/mol. The van der Waals surface area contributed by atoms with Crippen LogP contribution in [-0.4, -0.2) is 35.4 Å². The van der Waals surface area contributed by atoms with Crippen LogP contribution in [0.2, 0.25) is 5.02 Å². The van der Waals surface area contributed by atoms with E-state index >= 15 is 0 Å². The van der Waals surface area contributed by atoms with Crippen LogP contribution in [0.25, 0.3) is 0 Å². The van der Waals surface area contributed by atoms with Crippen molar-refractivity contribution in [3.8, 4) is 0 Å². The van der Waals surface area contributed by atoms with E-state index in [0.717, 1.165) is 31.5 Å². The molecule has 0 unspecified atom stereocenters. The fraction of sp³-hybridized carbons (Fsp3) is 0.500. The van der Waals surface area contributed by atoms with Gasteiger partial charge in [0.1, 0.15) is 5.02 Å². The SMILES string of the molecule is O=C(CCNCc1ccc(Cl)c([N+](=O)[O-])c1)N1CCCC1. The zero-order valence-corrected chi connectivity index (χ0v) is 12.4. The van der Waals surface area contributed by atoms with E-state index in [0.29, 0.717) is 19.5 Å². The molecule has 1 fully saturated rings. The zero-order valence-electron chi connectivity index (χ0n) is 11.7. The van der Waals surface area contributed by atoms with Gasteiger partial charge < -0.3 is 10.2 Å². The Morgan fingerprint density at radius 3 is 2.76 bits per heavy atom. The molecule has 6 nitrogen and oxygen atoms in total. The molecule has 0 saturated carbocycles.